The van der Waals surface area contributed by atoms with E-state index in [1.165, 1.54) is 5.56 Å². The number of hydrogen-bond acceptors (Lipinski definition) is 3. The van der Waals surface area contributed by atoms with Crippen LogP contribution in [0.1, 0.15) is 47.1 Å². The zero-order valence-corrected chi connectivity index (χ0v) is 12.6. The standard InChI is InChI=1S/C16H21N3O2/c1-11(2)19-10-15(12(3)18-19)9-17-8-13-4-6-14(7-5-13)16(20)21/h4-7,10-11,17H,8-9H2,1-3H3,(H,20,21). The maximum absolute atomic E-state index is 10.8. The fourth-order valence-electron chi connectivity index (χ4n) is 2.06. The number of rotatable bonds is 6. The first-order valence-electron chi connectivity index (χ1n) is 7.05. The Morgan fingerprint density at radius 3 is 2.48 bits per heavy atom. The van der Waals surface area contributed by atoms with Gasteiger partial charge in [-0.2, -0.15) is 5.10 Å². The van der Waals surface area contributed by atoms with Crippen LogP contribution in [0.4, 0.5) is 0 Å². The normalized spacial score (nSPS) is 11.0. The molecular formula is C16H21N3O2. The Labute approximate surface area is 124 Å². The van der Waals surface area contributed by atoms with Gasteiger partial charge in [-0.05, 0) is 38.5 Å². The van der Waals surface area contributed by atoms with Crippen molar-refractivity contribution in [2.24, 2.45) is 0 Å². The number of nitrogens with zero attached hydrogens (tertiary/aromatic N) is 2. The first-order valence-corrected chi connectivity index (χ1v) is 7.05. The Morgan fingerprint density at radius 2 is 1.95 bits per heavy atom. The highest BCUT2D eigenvalue weighted by molar-refractivity contribution is 5.87. The fourth-order valence-corrected chi connectivity index (χ4v) is 2.06. The molecule has 0 saturated carbocycles. The van der Waals surface area contributed by atoms with E-state index in [0.29, 0.717) is 18.2 Å². The smallest absolute Gasteiger partial charge is 0.335 e. The summed E-state index contributed by atoms with van der Waals surface area (Å²) in [6.45, 7) is 7.67. The van der Waals surface area contributed by atoms with Crippen LogP contribution >= 0.6 is 0 Å². The van der Waals surface area contributed by atoms with Gasteiger partial charge in [-0.1, -0.05) is 12.1 Å². The number of aromatic nitrogens is 2. The molecule has 0 spiro atoms. The summed E-state index contributed by atoms with van der Waals surface area (Å²) in [6, 6.07) is 7.28. The highest BCUT2D eigenvalue weighted by atomic mass is 16.4. The second-order valence-corrected chi connectivity index (χ2v) is 5.42. The van der Waals surface area contributed by atoms with Gasteiger partial charge >= 0.3 is 5.97 Å². The molecule has 2 N–H and O–H groups in total. The molecule has 5 nitrogen and oxygen atoms in total. The number of aryl methyl sites for hydroxylation is 1. The number of hydrogen-bond donors (Lipinski definition) is 2. The lowest BCUT2D eigenvalue weighted by atomic mass is 10.1. The predicted molar refractivity (Wildman–Crippen MR) is 81.3 cm³/mol. The van der Waals surface area contributed by atoms with Crippen molar-refractivity contribution in [3.8, 4) is 0 Å². The van der Waals surface area contributed by atoms with Crippen molar-refractivity contribution in [2.45, 2.75) is 39.9 Å². The molecule has 2 aromatic rings. The van der Waals surface area contributed by atoms with Crippen LogP contribution in [0.25, 0.3) is 0 Å². The molecule has 5 heteroatoms. The van der Waals surface area contributed by atoms with Crippen molar-refractivity contribution in [1.29, 1.82) is 0 Å². The van der Waals surface area contributed by atoms with Crippen molar-refractivity contribution >= 4 is 5.97 Å². The monoisotopic (exact) mass is 287 g/mol. The third-order valence-corrected chi connectivity index (χ3v) is 3.39. The van der Waals surface area contributed by atoms with E-state index in [-0.39, 0.29) is 0 Å². The second kappa shape index (κ2) is 6.54. The van der Waals surface area contributed by atoms with E-state index in [4.69, 9.17) is 5.11 Å². The molecule has 0 amide bonds. The molecule has 2 rings (SSSR count). The summed E-state index contributed by atoms with van der Waals surface area (Å²) in [7, 11) is 0. The lowest BCUT2D eigenvalue weighted by Crippen LogP contribution is -2.13. The van der Waals surface area contributed by atoms with Gasteiger partial charge in [0, 0.05) is 30.9 Å². The molecule has 1 aromatic heterocycles. The molecule has 0 saturated heterocycles. The molecule has 0 unspecified atom stereocenters. The Balaban J connectivity index is 1.90. The van der Waals surface area contributed by atoms with Gasteiger partial charge in [-0.3, -0.25) is 4.68 Å². The van der Waals surface area contributed by atoms with Gasteiger partial charge in [0.25, 0.3) is 0 Å². The lowest BCUT2D eigenvalue weighted by molar-refractivity contribution is 0.0697. The Hall–Kier alpha value is -2.14. The topological polar surface area (TPSA) is 67.2 Å². The predicted octanol–water partition coefficient (Wildman–Crippen LogP) is 2.76. The minimum absolute atomic E-state index is 0.313. The molecule has 0 aliphatic rings. The van der Waals surface area contributed by atoms with E-state index < -0.39 is 5.97 Å². The van der Waals surface area contributed by atoms with Gasteiger partial charge in [0.1, 0.15) is 0 Å². The number of benzene rings is 1. The van der Waals surface area contributed by atoms with Gasteiger partial charge in [-0.15, -0.1) is 0 Å². The zero-order chi connectivity index (χ0) is 15.4. The summed E-state index contributed by atoms with van der Waals surface area (Å²) in [5.41, 5.74) is 3.60. The van der Waals surface area contributed by atoms with Gasteiger partial charge < -0.3 is 10.4 Å². The largest absolute Gasteiger partial charge is 0.478 e. The number of carboxylic acid groups (broad SMARTS) is 1. The maximum atomic E-state index is 10.8. The Kier molecular flexibility index (Phi) is 4.75. The van der Waals surface area contributed by atoms with Crippen LogP contribution in [0.2, 0.25) is 0 Å². The van der Waals surface area contributed by atoms with Crippen LogP contribution in [0, 0.1) is 6.92 Å². The van der Waals surface area contributed by atoms with Gasteiger partial charge in [0.15, 0.2) is 0 Å². The molecule has 112 valence electrons. The van der Waals surface area contributed by atoms with E-state index >= 15 is 0 Å². The van der Waals surface area contributed by atoms with Crippen LogP contribution in [0.15, 0.2) is 30.5 Å². The second-order valence-electron chi connectivity index (χ2n) is 5.42. The van der Waals surface area contributed by atoms with Crippen LogP contribution in [-0.4, -0.2) is 20.9 Å². The van der Waals surface area contributed by atoms with Crippen molar-refractivity contribution in [3.63, 3.8) is 0 Å². The third-order valence-electron chi connectivity index (χ3n) is 3.39. The first-order chi connectivity index (χ1) is 9.97. The van der Waals surface area contributed by atoms with E-state index in [1.807, 2.05) is 23.7 Å². The fraction of sp³-hybridized carbons (Fsp3) is 0.375. The SMILES string of the molecule is Cc1nn(C(C)C)cc1CNCc1ccc(C(=O)O)cc1. The van der Waals surface area contributed by atoms with Crippen LogP contribution in [0.3, 0.4) is 0 Å². The Bertz CT molecular complexity index is 615. The summed E-state index contributed by atoms with van der Waals surface area (Å²) in [5, 5.41) is 16.7. The van der Waals surface area contributed by atoms with Crippen molar-refractivity contribution < 1.29 is 9.90 Å². The lowest BCUT2D eigenvalue weighted by Gasteiger charge is -2.05. The maximum Gasteiger partial charge on any atom is 0.335 e. The summed E-state index contributed by atoms with van der Waals surface area (Å²) in [4.78, 5) is 10.8. The summed E-state index contributed by atoms with van der Waals surface area (Å²) < 4.78 is 1.97. The van der Waals surface area contributed by atoms with Crippen molar-refractivity contribution in [3.05, 3.63) is 52.8 Å². The molecule has 0 bridgehead atoms. The highest BCUT2D eigenvalue weighted by Crippen LogP contribution is 2.11. The van der Waals surface area contributed by atoms with Crippen LogP contribution < -0.4 is 5.32 Å². The van der Waals surface area contributed by atoms with Gasteiger partial charge in [0.2, 0.25) is 0 Å². The van der Waals surface area contributed by atoms with E-state index in [9.17, 15) is 4.79 Å². The van der Waals surface area contributed by atoms with Gasteiger partial charge in [0.05, 0.1) is 11.3 Å². The van der Waals surface area contributed by atoms with Crippen molar-refractivity contribution in [2.75, 3.05) is 0 Å². The number of nitrogens with one attached hydrogen (secondary N) is 1. The molecule has 1 aromatic carbocycles. The minimum Gasteiger partial charge on any atom is -0.478 e. The average molecular weight is 287 g/mol. The quantitative estimate of drug-likeness (QED) is 0.857. The summed E-state index contributed by atoms with van der Waals surface area (Å²) in [6.07, 6.45) is 2.07. The van der Waals surface area contributed by atoms with E-state index in [2.05, 4.69) is 30.5 Å². The average Bonchev–Trinajstić information content (AvgIpc) is 2.81. The Morgan fingerprint density at radius 1 is 1.29 bits per heavy atom. The molecule has 1 heterocycles. The minimum atomic E-state index is -0.897. The molecule has 0 fully saturated rings. The third kappa shape index (κ3) is 3.92. The number of carbonyl (C=O) groups is 1. The van der Waals surface area contributed by atoms with Crippen LogP contribution in [-0.2, 0) is 13.1 Å². The first kappa shape index (κ1) is 15.3. The van der Waals surface area contributed by atoms with E-state index in [1.54, 1.807) is 12.1 Å². The molecule has 0 radical (unpaired) electrons. The van der Waals surface area contributed by atoms with Gasteiger partial charge in [-0.25, -0.2) is 4.79 Å². The molecule has 0 aliphatic heterocycles. The highest BCUT2D eigenvalue weighted by Gasteiger charge is 2.07. The molecule has 0 atom stereocenters. The molecule has 0 aliphatic carbocycles. The zero-order valence-electron chi connectivity index (χ0n) is 12.6. The molecule has 21 heavy (non-hydrogen) atoms. The summed E-state index contributed by atoms with van der Waals surface area (Å²) in [5.74, 6) is -0.897. The van der Waals surface area contributed by atoms with E-state index in [0.717, 1.165) is 17.8 Å². The number of carboxylic acids is 1. The van der Waals surface area contributed by atoms with Crippen molar-refractivity contribution in [1.82, 2.24) is 15.1 Å². The summed E-state index contributed by atoms with van der Waals surface area (Å²) >= 11 is 0. The molecular weight excluding hydrogens is 266 g/mol. The number of aromatic carboxylic acids is 1. The van der Waals surface area contributed by atoms with Crippen LogP contribution in [0.5, 0.6) is 0 Å².